The van der Waals surface area contributed by atoms with E-state index in [2.05, 4.69) is 10.6 Å². The first-order valence-corrected chi connectivity index (χ1v) is 10.1. The summed E-state index contributed by atoms with van der Waals surface area (Å²) in [7, 11) is 0.673. The van der Waals surface area contributed by atoms with Gasteiger partial charge in [0, 0.05) is 34.1 Å². The number of nitrogens with one attached hydrogen (secondary N) is 2. The van der Waals surface area contributed by atoms with E-state index in [1.54, 1.807) is 7.11 Å². The van der Waals surface area contributed by atoms with E-state index in [9.17, 15) is 9.00 Å². The van der Waals surface area contributed by atoms with Crippen molar-refractivity contribution in [2.75, 3.05) is 32.1 Å². The average Bonchev–Trinajstić information content (AvgIpc) is 2.55. The predicted octanol–water partition coefficient (Wildman–Crippen LogP) is 3.11. The maximum absolute atomic E-state index is 12.9. The van der Waals surface area contributed by atoms with Crippen LogP contribution in [0.2, 0.25) is 0 Å². The lowest BCUT2D eigenvalue weighted by Crippen LogP contribution is -2.47. The largest absolute Gasteiger partial charge is 0.384 e. The Morgan fingerprint density at radius 1 is 1.31 bits per heavy atom. The van der Waals surface area contributed by atoms with E-state index < -0.39 is 16.2 Å². The highest BCUT2D eigenvalue weighted by Crippen LogP contribution is 2.31. The number of ether oxygens (including phenoxy) is 1. The zero-order valence-corrected chi connectivity index (χ0v) is 17.7. The van der Waals surface area contributed by atoms with Crippen molar-refractivity contribution in [1.82, 2.24) is 5.32 Å². The van der Waals surface area contributed by atoms with Crippen LogP contribution in [0.1, 0.15) is 39.2 Å². The Morgan fingerprint density at radius 2 is 1.96 bits per heavy atom. The third-order valence-corrected chi connectivity index (χ3v) is 6.59. The second kappa shape index (κ2) is 9.83. The molecule has 1 aromatic rings. The molecule has 0 saturated carbocycles. The fourth-order valence-corrected chi connectivity index (χ4v) is 3.90. The Morgan fingerprint density at radius 3 is 2.54 bits per heavy atom. The van der Waals surface area contributed by atoms with Gasteiger partial charge < -0.3 is 15.4 Å². The Bertz CT molecular complexity index is 620. The quantitative estimate of drug-likeness (QED) is 0.767. The van der Waals surface area contributed by atoms with Gasteiger partial charge in [0.25, 0.3) is 0 Å². The van der Waals surface area contributed by atoms with Crippen molar-refractivity contribution >= 4 is 34.8 Å². The van der Waals surface area contributed by atoms with E-state index in [0.29, 0.717) is 12.4 Å². The summed E-state index contributed by atoms with van der Waals surface area (Å²) in [5.74, 6) is 0.491. The van der Waals surface area contributed by atoms with Gasteiger partial charge >= 0.3 is 0 Å². The van der Waals surface area contributed by atoms with Gasteiger partial charge in [-0.15, -0.1) is 12.4 Å². The van der Waals surface area contributed by atoms with Crippen LogP contribution in [-0.2, 0) is 26.1 Å². The molecule has 7 heteroatoms. The lowest BCUT2D eigenvalue weighted by Gasteiger charge is -2.35. The summed E-state index contributed by atoms with van der Waals surface area (Å²) in [4.78, 5) is 12.9. The van der Waals surface area contributed by atoms with E-state index in [-0.39, 0.29) is 23.1 Å². The number of halogens is 1. The van der Waals surface area contributed by atoms with Crippen LogP contribution < -0.4 is 10.6 Å². The van der Waals surface area contributed by atoms with E-state index >= 15 is 0 Å². The van der Waals surface area contributed by atoms with E-state index in [4.69, 9.17) is 4.74 Å². The number of amides is 1. The Balaban J connectivity index is 0.00000338. The number of benzene rings is 1. The standard InChI is InChI=1S/C19H30N2O3S.ClH/c1-18(2,3)25(23)13-15-6-5-7-16(12-15)21-17(22)19(14-24-4)8-10-20-11-9-19;/h5-7,12,20H,8-11,13-14H2,1-4H3,(H,21,22);1H. The van der Waals surface area contributed by atoms with Crippen molar-refractivity contribution < 1.29 is 13.7 Å². The lowest BCUT2D eigenvalue weighted by atomic mass is 9.78. The molecule has 1 heterocycles. The van der Waals surface area contributed by atoms with Crippen molar-refractivity contribution in [3.05, 3.63) is 29.8 Å². The van der Waals surface area contributed by atoms with Gasteiger partial charge in [-0.3, -0.25) is 9.00 Å². The van der Waals surface area contributed by atoms with Crippen molar-refractivity contribution in [3.8, 4) is 0 Å². The van der Waals surface area contributed by atoms with Gasteiger partial charge in [-0.05, 0) is 64.4 Å². The lowest BCUT2D eigenvalue weighted by molar-refractivity contribution is -0.130. The van der Waals surface area contributed by atoms with Crippen LogP contribution in [0.3, 0.4) is 0 Å². The topological polar surface area (TPSA) is 67.4 Å². The van der Waals surface area contributed by atoms with Gasteiger partial charge in [0.2, 0.25) is 5.91 Å². The maximum Gasteiger partial charge on any atom is 0.233 e. The van der Waals surface area contributed by atoms with Gasteiger partial charge in [0.05, 0.1) is 12.0 Å². The normalized spacial score (nSPS) is 17.8. The third-order valence-electron chi connectivity index (χ3n) is 4.63. The first kappa shape index (κ1) is 23.1. The minimum atomic E-state index is -0.966. The number of methoxy groups -OCH3 is 1. The molecular formula is C19H31ClN2O3S. The summed E-state index contributed by atoms with van der Waals surface area (Å²) in [6.07, 6.45) is 1.53. The minimum absolute atomic E-state index is 0. The first-order valence-electron chi connectivity index (χ1n) is 8.75. The Hall–Kier alpha value is -0.950. The molecule has 1 atom stereocenters. The number of carbonyl (C=O) groups excluding carboxylic acids is 1. The summed E-state index contributed by atoms with van der Waals surface area (Å²) in [6, 6.07) is 7.65. The number of carbonyl (C=O) groups is 1. The monoisotopic (exact) mass is 402 g/mol. The predicted molar refractivity (Wildman–Crippen MR) is 110 cm³/mol. The molecule has 1 aliphatic heterocycles. The highest BCUT2D eigenvalue weighted by Gasteiger charge is 2.39. The summed E-state index contributed by atoms with van der Waals surface area (Å²) in [6.45, 7) is 7.98. The number of rotatable bonds is 6. The maximum atomic E-state index is 12.9. The number of hydrogen-bond acceptors (Lipinski definition) is 4. The molecule has 0 radical (unpaired) electrons. The van der Waals surface area contributed by atoms with E-state index in [1.807, 2.05) is 45.0 Å². The van der Waals surface area contributed by atoms with Gasteiger partial charge in [-0.1, -0.05) is 12.1 Å². The molecule has 2 rings (SSSR count). The minimum Gasteiger partial charge on any atom is -0.384 e. The van der Waals surface area contributed by atoms with Crippen LogP contribution >= 0.6 is 12.4 Å². The molecule has 2 N–H and O–H groups in total. The van der Waals surface area contributed by atoms with Crippen molar-refractivity contribution in [2.45, 2.75) is 44.1 Å². The van der Waals surface area contributed by atoms with Gasteiger partial charge in [0.1, 0.15) is 0 Å². The molecule has 1 saturated heterocycles. The van der Waals surface area contributed by atoms with Crippen LogP contribution in [-0.4, -0.2) is 41.7 Å². The molecule has 1 aliphatic rings. The fourth-order valence-electron chi connectivity index (χ4n) is 2.99. The van der Waals surface area contributed by atoms with Gasteiger partial charge in [-0.2, -0.15) is 0 Å². The third kappa shape index (κ3) is 6.05. The zero-order valence-electron chi connectivity index (χ0n) is 16.1. The highest BCUT2D eigenvalue weighted by molar-refractivity contribution is 7.85. The molecular weight excluding hydrogens is 372 g/mol. The number of anilines is 1. The van der Waals surface area contributed by atoms with Gasteiger partial charge in [0.15, 0.2) is 0 Å². The second-order valence-corrected chi connectivity index (χ2v) is 9.92. The SMILES string of the molecule is COCC1(C(=O)Nc2cccc(CS(=O)C(C)(C)C)c2)CCNCC1.Cl. The summed E-state index contributed by atoms with van der Waals surface area (Å²) >= 11 is 0. The number of piperidine rings is 1. The molecule has 0 bridgehead atoms. The molecule has 0 aliphatic carbocycles. The molecule has 0 spiro atoms. The smallest absolute Gasteiger partial charge is 0.233 e. The Kier molecular flexibility index (Phi) is 8.73. The van der Waals surface area contributed by atoms with Crippen molar-refractivity contribution in [1.29, 1.82) is 0 Å². The second-order valence-electron chi connectivity index (χ2n) is 7.72. The average molecular weight is 403 g/mol. The van der Waals surface area contributed by atoms with Crippen LogP contribution in [0.25, 0.3) is 0 Å². The van der Waals surface area contributed by atoms with Crippen molar-refractivity contribution in [2.24, 2.45) is 5.41 Å². The van der Waals surface area contributed by atoms with Crippen LogP contribution in [0.15, 0.2) is 24.3 Å². The highest BCUT2D eigenvalue weighted by atomic mass is 35.5. The number of hydrogen-bond donors (Lipinski definition) is 2. The first-order chi connectivity index (χ1) is 11.8. The van der Waals surface area contributed by atoms with Crippen LogP contribution in [0.4, 0.5) is 5.69 Å². The molecule has 26 heavy (non-hydrogen) atoms. The van der Waals surface area contributed by atoms with Crippen LogP contribution in [0.5, 0.6) is 0 Å². The van der Waals surface area contributed by atoms with E-state index in [1.165, 1.54) is 0 Å². The molecule has 1 aromatic carbocycles. The molecule has 1 amide bonds. The molecule has 5 nitrogen and oxygen atoms in total. The molecule has 1 fully saturated rings. The summed E-state index contributed by atoms with van der Waals surface area (Å²) in [5, 5.41) is 6.34. The van der Waals surface area contributed by atoms with Crippen LogP contribution in [0, 0.1) is 5.41 Å². The Labute approximate surface area is 165 Å². The molecule has 0 aromatic heterocycles. The molecule has 1 unspecified atom stereocenters. The fraction of sp³-hybridized carbons (Fsp3) is 0.632. The summed E-state index contributed by atoms with van der Waals surface area (Å²) < 4.78 is 17.4. The van der Waals surface area contributed by atoms with Crippen molar-refractivity contribution in [3.63, 3.8) is 0 Å². The molecule has 148 valence electrons. The van der Waals surface area contributed by atoms with E-state index in [0.717, 1.165) is 37.2 Å². The van der Waals surface area contributed by atoms with Gasteiger partial charge in [-0.25, -0.2) is 0 Å². The zero-order chi connectivity index (χ0) is 18.5. The summed E-state index contributed by atoms with van der Waals surface area (Å²) in [5.41, 5.74) is 1.24.